The van der Waals surface area contributed by atoms with Crippen molar-refractivity contribution < 1.29 is 9.84 Å². The van der Waals surface area contributed by atoms with E-state index in [0.29, 0.717) is 6.54 Å². The molecule has 4 heteroatoms. The maximum absolute atomic E-state index is 9.97. The second-order valence-corrected chi connectivity index (χ2v) is 4.30. The summed E-state index contributed by atoms with van der Waals surface area (Å²) in [5.74, 6) is 0.773. The molecule has 4 nitrogen and oxygen atoms in total. The monoisotopic (exact) mass is 238 g/mol. The van der Waals surface area contributed by atoms with E-state index in [9.17, 15) is 5.11 Å². The van der Waals surface area contributed by atoms with Crippen molar-refractivity contribution >= 4 is 0 Å². The minimum atomic E-state index is -0.493. The molecule has 0 aliphatic rings. The Bertz CT molecular complexity index is 329. The average molecular weight is 238 g/mol. The van der Waals surface area contributed by atoms with E-state index in [0.717, 1.165) is 24.4 Å². The van der Waals surface area contributed by atoms with Crippen LogP contribution in [-0.2, 0) is 0 Å². The molecule has 0 aromatic heterocycles. The fourth-order valence-corrected chi connectivity index (χ4v) is 1.51. The topological polar surface area (TPSA) is 44.7 Å². The summed E-state index contributed by atoms with van der Waals surface area (Å²) in [4.78, 5) is 2.10. The van der Waals surface area contributed by atoms with Crippen LogP contribution in [0.2, 0.25) is 0 Å². The average Bonchev–Trinajstić information content (AvgIpc) is 2.34. The lowest BCUT2D eigenvalue weighted by molar-refractivity contribution is 0.173. The molecule has 17 heavy (non-hydrogen) atoms. The molecule has 1 unspecified atom stereocenters. The molecule has 0 radical (unpaired) electrons. The normalized spacial score (nSPS) is 12.8. The van der Waals surface area contributed by atoms with Crippen LogP contribution < -0.4 is 10.1 Å². The molecular weight excluding hydrogens is 216 g/mol. The summed E-state index contributed by atoms with van der Waals surface area (Å²) in [5, 5.41) is 13.2. The predicted molar refractivity (Wildman–Crippen MR) is 69.4 cm³/mol. The fourth-order valence-electron chi connectivity index (χ4n) is 1.51. The minimum Gasteiger partial charge on any atom is -0.497 e. The molecule has 0 fully saturated rings. The van der Waals surface area contributed by atoms with Gasteiger partial charge in [-0.2, -0.15) is 0 Å². The van der Waals surface area contributed by atoms with Crippen molar-refractivity contribution in [1.29, 1.82) is 0 Å². The number of aliphatic hydroxyl groups is 1. The van der Waals surface area contributed by atoms with Gasteiger partial charge in [-0.3, -0.25) is 0 Å². The van der Waals surface area contributed by atoms with Gasteiger partial charge in [0, 0.05) is 19.6 Å². The summed E-state index contributed by atoms with van der Waals surface area (Å²) >= 11 is 0. The van der Waals surface area contributed by atoms with E-state index < -0.39 is 6.10 Å². The second-order valence-electron chi connectivity index (χ2n) is 4.30. The first-order chi connectivity index (χ1) is 8.13. The first kappa shape index (κ1) is 14.0. The van der Waals surface area contributed by atoms with Crippen LogP contribution in [0.15, 0.2) is 24.3 Å². The number of ether oxygens (including phenoxy) is 1. The van der Waals surface area contributed by atoms with Gasteiger partial charge < -0.3 is 20.1 Å². The van der Waals surface area contributed by atoms with Crippen LogP contribution in [0, 0.1) is 0 Å². The van der Waals surface area contributed by atoms with Gasteiger partial charge in [-0.15, -0.1) is 0 Å². The zero-order valence-electron chi connectivity index (χ0n) is 10.8. The van der Waals surface area contributed by atoms with Gasteiger partial charge in [0.1, 0.15) is 5.75 Å². The van der Waals surface area contributed by atoms with Crippen molar-refractivity contribution in [2.75, 3.05) is 40.8 Å². The Morgan fingerprint density at radius 3 is 2.82 bits per heavy atom. The molecule has 0 spiro atoms. The Morgan fingerprint density at radius 2 is 2.18 bits per heavy atom. The number of hydrogen-bond donors (Lipinski definition) is 2. The van der Waals surface area contributed by atoms with E-state index in [1.54, 1.807) is 7.11 Å². The number of nitrogens with one attached hydrogen (secondary N) is 1. The molecule has 0 saturated carbocycles. The van der Waals surface area contributed by atoms with Gasteiger partial charge in [0.15, 0.2) is 0 Å². The number of aliphatic hydroxyl groups excluding tert-OH is 1. The van der Waals surface area contributed by atoms with Crippen LogP contribution in [0.5, 0.6) is 5.75 Å². The standard InChI is InChI=1S/C13H22N2O2/c1-15(2)8-7-14-10-13(16)11-5-4-6-12(9-11)17-3/h4-6,9,13-14,16H,7-8,10H2,1-3H3. The summed E-state index contributed by atoms with van der Waals surface area (Å²) in [6.07, 6.45) is -0.493. The number of likely N-dealkylation sites (N-methyl/N-ethyl adjacent to an activating group) is 1. The smallest absolute Gasteiger partial charge is 0.119 e. The lowest BCUT2D eigenvalue weighted by Crippen LogP contribution is -2.29. The number of rotatable bonds is 7. The fraction of sp³-hybridized carbons (Fsp3) is 0.538. The predicted octanol–water partition coefficient (Wildman–Crippen LogP) is 0.880. The second kappa shape index (κ2) is 7.27. The highest BCUT2D eigenvalue weighted by atomic mass is 16.5. The van der Waals surface area contributed by atoms with E-state index in [2.05, 4.69) is 10.2 Å². The Hall–Kier alpha value is -1.10. The molecule has 0 amide bonds. The summed E-state index contributed by atoms with van der Waals surface area (Å²) < 4.78 is 5.12. The zero-order valence-corrected chi connectivity index (χ0v) is 10.8. The van der Waals surface area contributed by atoms with E-state index in [1.165, 1.54) is 0 Å². The van der Waals surface area contributed by atoms with Gasteiger partial charge in [0.2, 0.25) is 0 Å². The minimum absolute atomic E-state index is 0.493. The van der Waals surface area contributed by atoms with E-state index >= 15 is 0 Å². The summed E-state index contributed by atoms with van der Waals surface area (Å²) in [5.41, 5.74) is 0.877. The summed E-state index contributed by atoms with van der Waals surface area (Å²) in [6.45, 7) is 2.39. The van der Waals surface area contributed by atoms with Gasteiger partial charge in [-0.25, -0.2) is 0 Å². The lowest BCUT2D eigenvalue weighted by Gasteiger charge is -2.14. The van der Waals surface area contributed by atoms with Crippen molar-refractivity contribution in [3.05, 3.63) is 29.8 Å². The molecule has 0 heterocycles. The molecule has 0 aliphatic carbocycles. The third-order valence-corrected chi connectivity index (χ3v) is 2.55. The van der Waals surface area contributed by atoms with Crippen LogP contribution in [-0.4, -0.2) is 50.8 Å². The first-order valence-corrected chi connectivity index (χ1v) is 5.81. The molecular formula is C13H22N2O2. The highest BCUT2D eigenvalue weighted by molar-refractivity contribution is 5.29. The number of methoxy groups -OCH3 is 1. The Kier molecular flexibility index (Phi) is 5.97. The van der Waals surface area contributed by atoms with Crippen LogP contribution in [0.1, 0.15) is 11.7 Å². The number of nitrogens with zero attached hydrogens (tertiary/aromatic N) is 1. The van der Waals surface area contributed by atoms with Gasteiger partial charge in [0.25, 0.3) is 0 Å². The third-order valence-electron chi connectivity index (χ3n) is 2.55. The Morgan fingerprint density at radius 1 is 1.41 bits per heavy atom. The molecule has 2 N–H and O–H groups in total. The molecule has 1 atom stereocenters. The Balaban J connectivity index is 2.38. The van der Waals surface area contributed by atoms with Crippen molar-refractivity contribution in [2.24, 2.45) is 0 Å². The number of benzene rings is 1. The SMILES string of the molecule is COc1cccc(C(O)CNCCN(C)C)c1. The van der Waals surface area contributed by atoms with Crippen molar-refractivity contribution in [3.63, 3.8) is 0 Å². The van der Waals surface area contributed by atoms with Gasteiger partial charge in [-0.1, -0.05) is 12.1 Å². The number of hydrogen-bond acceptors (Lipinski definition) is 4. The quantitative estimate of drug-likeness (QED) is 0.692. The van der Waals surface area contributed by atoms with Crippen LogP contribution >= 0.6 is 0 Å². The largest absolute Gasteiger partial charge is 0.497 e. The van der Waals surface area contributed by atoms with Gasteiger partial charge in [0.05, 0.1) is 13.2 Å². The lowest BCUT2D eigenvalue weighted by atomic mass is 10.1. The third kappa shape index (κ3) is 5.17. The highest BCUT2D eigenvalue weighted by Crippen LogP contribution is 2.18. The van der Waals surface area contributed by atoms with E-state index in [4.69, 9.17) is 4.74 Å². The molecule has 1 rings (SSSR count). The van der Waals surface area contributed by atoms with Gasteiger partial charge >= 0.3 is 0 Å². The van der Waals surface area contributed by atoms with Crippen LogP contribution in [0.3, 0.4) is 0 Å². The van der Waals surface area contributed by atoms with Crippen molar-refractivity contribution in [1.82, 2.24) is 10.2 Å². The summed E-state index contributed by atoms with van der Waals surface area (Å²) in [7, 11) is 5.68. The maximum Gasteiger partial charge on any atom is 0.119 e. The van der Waals surface area contributed by atoms with Crippen molar-refractivity contribution in [3.8, 4) is 5.75 Å². The highest BCUT2D eigenvalue weighted by Gasteiger charge is 2.07. The molecule has 1 aromatic carbocycles. The van der Waals surface area contributed by atoms with E-state index in [-0.39, 0.29) is 0 Å². The first-order valence-electron chi connectivity index (χ1n) is 5.81. The molecule has 1 aromatic rings. The molecule has 0 aliphatic heterocycles. The van der Waals surface area contributed by atoms with Crippen LogP contribution in [0.25, 0.3) is 0 Å². The molecule has 0 bridgehead atoms. The van der Waals surface area contributed by atoms with Crippen molar-refractivity contribution in [2.45, 2.75) is 6.10 Å². The van der Waals surface area contributed by atoms with E-state index in [1.807, 2.05) is 38.4 Å². The van der Waals surface area contributed by atoms with Crippen LogP contribution in [0.4, 0.5) is 0 Å². The van der Waals surface area contributed by atoms with Gasteiger partial charge in [-0.05, 0) is 31.8 Å². The molecule has 96 valence electrons. The maximum atomic E-state index is 9.97. The summed E-state index contributed by atoms with van der Waals surface area (Å²) in [6, 6.07) is 7.52. The Labute approximate surface area is 103 Å². The molecule has 0 saturated heterocycles. The zero-order chi connectivity index (χ0) is 12.7.